The third-order valence-electron chi connectivity index (χ3n) is 11.0. The molecule has 49 heavy (non-hydrogen) atoms. The van der Waals surface area contributed by atoms with E-state index < -0.39 is 11.9 Å². The lowest BCUT2D eigenvalue weighted by molar-refractivity contribution is -0.186. The van der Waals surface area contributed by atoms with Crippen molar-refractivity contribution in [3.8, 4) is 0 Å². The highest BCUT2D eigenvalue weighted by molar-refractivity contribution is 5.98. The van der Waals surface area contributed by atoms with E-state index in [0.29, 0.717) is 30.5 Å². The third kappa shape index (κ3) is 5.96. The summed E-state index contributed by atoms with van der Waals surface area (Å²) in [6, 6.07) is 16.9. The second-order valence-electron chi connectivity index (χ2n) is 14.5. The Bertz CT molecular complexity index is 2010. The maximum atomic E-state index is 12.6. The van der Waals surface area contributed by atoms with Gasteiger partial charge in [0.25, 0.3) is 5.91 Å². The fourth-order valence-electron chi connectivity index (χ4n) is 8.31. The van der Waals surface area contributed by atoms with Gasteiger partial charge in [0, 0.05) is 55.1 Å². The lowest BCUT2D eigenvalue weighted by Gasteiger charge is -2.39. The van der Waals surface area contributed by atoms with Gasteiger partial charge in [-0.1, -0.05) is 45.0 Å². The van der Waals surface area contributed by atoms with Gasteiger partial charge < -0.3 is 14.8 Å². The highest BCUT2D eigenvalue weighted by Crippen LogP contribution is 2.44. The Labute approximate surface area is 288 Å². The molecule has 3 aromatic rings. The molecule has 3 aromatic carbocycles. The average Bonchev–Trinajstić information content (AvgIpc) is 3.39. The van der Waals surface area contributed by atoms with Crippen LogP contribution in [-0.4, -0.2) is 54.7 Å². The summed E-state index contributed by atoms with van der Waals surface area (Å²) in [6.07, 6.45) is 7.79. The van der Waals surface area contributed by atoms with Crippen LogP contribution in [0, 0.1) is 0 Å². The van der Waals surface area contributed by atoms with Gasteiger partial charge >= 0.3 is 11.9 Å². The number of rotatable bonds is 9. The number of hydrogen-bond acceptors (Lipinski definition) is 5. The van der Waals surface area contributed by atoms with Crippen LogP contribution < -0.4 is 20.1 Å². The van der Waals surface area contributed by atoms with Gasteiger partial charge in [0.15, 0.2) is 0 Å². The number of benzene rings is 3. The Morgan fingerprint density at radius 2 is 1.73 bits per heavy atom. The van der Waals surface area contributed by atoms with E-state index in [2.05, 4.69) is 61.2 Å². The first kappa shape index (κ1) is 32.8. The minimum absolute atomic E-state index is 0.210. The number of anilines is 1. The minimum Gasteiger partial charge on any atom is -0.478 e. The van der Waals surface area contributed by atoms with Crippen molar-refractivity contribution in [2.24, 2.45) is 0 Å². The number of hydrogen-bond donors (Lipinski definition) is 1. The monoisotopic (exact) mass is 660 g/mol. The van der Waals surface area contributed by atoms with Crippen LogP contribution in [0.4, 0.5) is 5.69 Å². The van der Waals surface area contributed by atoms with Gasteiger partial charge in [0.1, 0.15) is 13.6 Å². The van der Waals surface area contributed by atoms with E-state index in [-0.39, 0.29) is 17.7 Å². The number of carbonyl (C=O) groups excluding carboxylic acids is 2. The molecular formula is C41H46N3O5+. The third-order valence-corrected chi connectivity index (χ3v) is 11.0. The number of aryl methyl sites for hydroxylation is 2. The van der Waals surface area contributed by atoms with Gasteiger partial charge in [-0.2, -0.15) is 0 Å². The number of amides is 1. The summed E-state index contributed by atoms with van der Waals surface area (Å²) < 4.78 is 2.35. The van der Waals surface area contributed by atoms with E-state index in [9.17, 15) is 19.5 Å². The molecule has 1 fully saturated rings. The van der Waals surface area contributed by atoms with Crippen molar-refractivity contribution in [1.29, 1.82) is 0 Å². The first-order chi connectivity index (χ1) is 23.5. The van der Waals surface area contributed by atoms with Crippen LogP contribution in [0.3, 0.4) is 0 Å². The number of fused-ring (bicyclic) bond motifs is 4. The van der Waals surface area contributed by atoms with Crippen LogP contribution >= 0.6 is 0 Å². The lowest BCUT2D eigenvalue weighted by atomic mass is 9.67. The van der Waals surface area contributed by atoms with Crippen LogP contribution in [0.15, 0.2) is 60.8 Å². The van der Waals surface area contributed by atoms with Crippen LogP contribution in [0.25, 0.3) is 5.57 Å². The van der Waals surface area contributed by atoms with Gasteiger partial charge in [-0.15, -0.1) is 5.06 Å². The fourth-order valence-corrected chi connectivity index (χ4v) is 8.31. The van der Waals surface area contributed by atoms with Gasteiger partial charge in [0.2, 0.25) is 5.36 Å². The molecule has 0 saturated carbocycles. The van der Waals surface area contributed by atoms with Gasteiger partial charge in [0.05, 0.1) is 11.3 Å². The smallest absolute Gasteiger partial charge is 0.336 e. The van der Waals surface area contributed by atoms with E-state index >= 15 is 0 Å². The predicted octanol–water partition coefficient (Wildman–Crippen LogP) is 5.25. The number of nitrogens with zero attached hydrogens (tertiary/aromatic N) is 3. The molecule has 0 radical (unpaired) electrons. The van der Waals surface area contributed by atoms with Crippen molar-refractivity contribution in [2.75, 3.05) is 31.6 Å². The zero-order valence-corrected chi connectivity index (χ0v) is 28.9. The zero-order chi connectivity index (χ0) is 34.4. The molecule has 0 bridgehead atoms. The molecule has 1 saturated heterocycles. The molecule has 3 aliphatic heterocycles. The molecule has 254 valence electrons. The first-order valence-electron chi connectivity index (χ1n) is 17.8. The normalized spacial score (nSPS) is 17.8. The van der Waals surface area contributed by atoms with Gasteiger partial charge in [-0.25, -0.2) is 14.2 Å². The fraction of sp³-hybridized carbons (Fsp3) is 0.415. The average molecular weight is 661 g/mol. The second kappa shape index (κ2) is 13.0. The molecule has 0 unspecified atom stereocenters. The Morgan fingerprint density at radius 3 is 2.51 bits per heavy atom. The Morgan fingerprint density at radius 1 is 0.939 bits per heavy atom. The zero-order valence-electron chi connectivity index (χ0n) is 28.9. The van der Waals surface area contributed by atoms with Gasteiger partial charge in [-0.05, 0) is 101 Å². The van der Waals surface area contributed by atoms with Crippen LogP contribution in [0.1, 0.15) is 109 Å². The maximum absolute atomic E-state index is 12.6. The standard InChI is InChI=1S/C41H45N3O5/c1-26-17-18-37(45)44(26)49-38(46)16-6-5-9-20-43-21-11-13-28-23-32-34(25-36(28)43)41(2,3)33-24-35-27(12-10-19-42(35)4)22-31(33)39(32)29-14-7-8-15-30(29)40(47)48/h7-8,14-15,22-25H,1,5-6,9-13,16-21H2,2-4H3/p+1. The second-order valence-corrected chi connectivity index (χ2v) is 14.5. The molecule has 1 amide bonds. The van der Waals surface area contributed by atoms with Gasteiger partial charge in [-0.3, -0.25) is 4.79 Å². The Hall–Kier alpha value is -4.72. The molecule has 0 aromatic heterocycles. The summed E-state index contributed by atoms with van der Waals surface area (Å²) in [6.45, 7) is 11.3. The molecule has 3 heterocycles. The summed E-state index contributed by atoms with van der Waals surface area (Å²) in [5.41, 5.74) is 9.81. The Balaban J connectivity index is 1.21. The van der Waals surface area contributed by atoms with E-state index in [1.165, 1.54) is 33.3 Å². The number of allylic oxidation sites excluding steroid dienone is 1. The lowest BCUT2D eigenvalue weighted by Crippen LogP contribution is -2.42. The summed E-state index contributed by atoms with van der Waals surface area (Å²) in [5, 5.41) is 13.8. The van der Waals surface area contributed by atoms with Crippen molar-refractivity contribution >= 4 is 29.1 Å². The summed E-state index contributed by atoms with van der Waals surface area (Å²) in [4.78, 5) is 44.6. The molecular weight excluding hydrogens is 614 g/mol. The number of unbranched alkanes of at least 4 members (excludes halogenated alkanes) is 2. The predicted molar refractivity (Wildman–Crippen MR) is 190 cm³/mol. The topological polar surface area (TPSA) is 90.2 Å². The summed E-state index contributed by atoms with van der Waals surface area (Å²) in [7, 11) is 2.17. The number of aromatic carboxylic acids is 1. The van der Waals surface area contributed by atoms with Crippen LogP contribution in [-0.2, 0) is 32.7 Å². The quantitative estimate of drug-likeness (QED) is 0.249. The summed E-state index contributed by atoms with van der Waals surface area (Å²) >= 11 is 0. The molecule has 0 atom stereocenters. The SMILES string of the molecule is C=C1CCC(=O)N1OC(=O)CCCCCN1CCCc2cc3c(cc21)C(C)(C)c1cc2c(cc1=C3c1ccccc1C(=O)O)CCC[N+]=2C. The van der Waals surface area contributed by atoms with E-state index in [1.807, 2.05) is 18.2 Å². The molecule has 7 rings (SSSR count). The number of carboxylic acids is 1. The largest absolute Gasteiger partial charge is 0.478 e. The van der Waals surface area contributed by atoms with E-state index in [4.69, 9.17) is 4.84 Å². The molecule has 4 aliphatic rings. The highest BCUT2D eigenvalue weighted by atomic mass is 16.7. The summed E-state index contributed by atoms with van der Waals surface area (Å²) in [5.74, 6) is -1.52. The van der Waals surface area contributed by atoms with Crippen LogP contribution in [0.5, 0.6) is 0 Å². The van der Waals surface area contributed by atoms with Crippen molar-refractivity contribution in [3.63, 3.8) is 0 Å². The number of carbonyl (C=O) groups is 3. The molecule has 1 N–H and O–H groups in total. The Kier molecular flexibility index (Phi) is 8.67. The van der Waals surface area contributed by atoms with Crippen LogP contribution in [0.2, 0.25) is 0 Å². The van der Waals surface area contributed by atoms with E-state index in [0.717, 1.165) is 85.1 Å². The van der Waals surface area contributed by atoms with Crippen molar-refractivity contribution in [1.82, 2.24) is 9.64 Å². The maximum Gasteiger partial charge on any atom is 0.336 e. The molecule has 1 aliphatic carbocycles. The van der Waals surface area contributed by atoms with Crippen molar-refractivity contribution < 1.29 is 24.3 Å². The minimum atomic E-state index is -0.916. The molecule has 8 nitrogen and oxygen atoms in total. The molecule has 8 heteroatoms. The van der Waals surface area contributed by atoms with Crippen molar-refractivity contribution in [3.05, 3.63) is 110 Å². The number of carboxylic acid groups (broad SMARTS) is 1. The van der Waals surface area contributed by atoms with Crippen molar-refractivity contribution in [2.45, 2.75) is 83.5 Å². The van der Waals surface area contributed by atoms with E-state index in [1.54, 1.807) is 6.07 Å². The molecule has 0 spiro atoms. The first-order valence-corrected chi connectivity index (χ1v) is 17.8. The highest BCUT2D eigenvalue weighted by Gasteiger charge is 2.37. The number of hydroxylamine groups is 2.